The highest BCUT2D eigenvalue weighted by Crippen LogP contribution is 2.43. The number of rotatable bonds is 5. The van der Waals surface area contributed by atoms with E-state index in [-0.39, 0.29) is 10.8 Å². The Labute approximate surface area is 193 Å². The molecule has 2 aliphatic carbocycles. The lowest BCUT2D eigenvalue weighted by atomic mass is 9.71. The average molecular weight is 469 g/mol. The number of sulfone groups is 1. The summed E-state index contributed by atoms with van der Waals surface area (Å²) < 4.78 is 24.6. The summed E-state index contributed by atoms with van der Waals surface area (Å²) in [4.78, 5) is 31.6. The average Bonchev–Trinajstić information content (AvgIpc) is 3.48. The predicted molar refractivity (Wildman–Crippen MR) is 122 cm³/mol. The molecule has 0 bridgehead atoms. The van der Waals surface area contributed by atoms with Crippen molar-refractivity contribution < 1.29 is 18.0 Å². The lowest BCUT2D eigenvalue weighted by Gasteiger charge is -2.48. The molecule has 0 unspecified atom stereocenters. The number of benzene rings is 1. The molecule has 2 aromatic rings. The molecule has 174 valence electrons. The maximum Gasteiger partial charge on any atom is 0.226 e. The first-order valence-electron chi connectivity index (χ1n) is 11.5. The number of nitriles is 1. The summed E-state index contributed by atoms with van der Waals surface area (Å²) in [6.45, 7) is 1.06. The summed E-state index contributed by atoms with van der Waals surface area (Å²) in [7, 11) is -3.39. The zero-order valence-electron chi connectivity index (χ0n) is 18.7. The Morgan fingerprint density at radius 2 is 2.09 bits per heavy atom. The molecule has 1 amide bonds. The minimum Gasteiger partial charge on any atom is -0.357 e. The van der Waals surface area contributed by atoms with Crippen molar-refractivity contribution in [3.8, 4) is 6.07 Å². The van der Waals surface area contributed by atoms with Gasteiger partial charge in [-0.05, 0) is 37.3 Å². The number of aromatic nitrogens is 1. The van der Waals surface area contributed by atoms with Gasteiger partial charge < -0.3 is 15.1 Å². The fourth-order valence-corrected chi connectivity index (χ4v) is 6.58. The number of carbonyl (C=O) groups is 2. The zero-order chi connectivity index (χ0) is 23.4. The van der Waals surface area contributed by atoms with Gasteiger partial charge in [0, 0.05) is 36.8 Å². The number of amides is 1. The Morgan fingerprint density at radius 3 is 2.76 bits per heavy atom. The maximum atomic E-state index is 13.3. The molecule has 0 saturated heterocycles. The van der Waals surface area contributed by atoms with Gasteiger partial charge in [-0.3, -0.25) is 9.69 Å². The molecule has 5 rings (SSSR count). The summed E-state index contributed by atoms with van der Waals surface area (Å²) in [5.41, 5.74) is 0.885. The molecule has 9 heteroatoms. The molecule has 2 heterocycles. The van der Waals surface area contributed by atoms with E-state index in [1.54, 1.807) is 12.1 Å². The van der Waals surface area contributed by atoms with Crippen molar-refractivity contribution in [3.05, 3.63) is 29.5 Å². The van der Waals surface area contributed by atoms with Crippen LogP contribution in [-0.4, -0.2) is 54.4 Å². The monoisotopic (exact) mass is 468 g/mol. The predicted octanol–water partition coefficient (Wildman–Crippen LogP) is 2.23. The molecular weight excluding hydrogens is 440 g/mol. The number of hydrogen-bond acceptors (Lipinski definition) is 6. The van der Waals surface area contributed by atoms with Gasteiger partial charge in [0.05, 0.1) is 27.9 Å². The number of H-pyrrole nitrogens is 1. The first-order chi connectivity index (χ1) is 15.7. The second kappa shape index (κ2) is 7.67. The van der Waals surface area contributed by atoms with E-state index in [1.165, 1.54) is 6.26 Å². The van der Waals surface area contributed by atoms with E-state index in [0.717, 1.165) is 35.8 Å². The van der Waals surface area contributed by atoms with Crippen LogP contribution in [-0.2, 0) is 32.4 Å². The highest BCUT2D eigenvalue weighted by Gasteiger charge is 2.53. The molecule has 2 N–H and O–H groups in total. The molecule has 2 fully saturated rings. The van der Waals surface area contributed by atoms with Crippen molar-refractivity contribution >= 4 is 32.9 Å². The Hall–Kier alpha value is -2.70. The van der Waals surface area contributed by atoms with E-state index in [9.17, 15) is 23.3 Å². The lowest BCUT2D eigenvalue weighted by molar-refractivity contribution is -0.141. The second-order valence-electron chi connectivity index (χ2n) is 9.80. The number of nitrogens with one attached hydrogen (secondary N) is 2. The van der Waals surface area contributed by atoms with E-state index in [4.69, 9.17) is 0 Å². The van der Waals surface area contributed by atoms with Crippen LogP contribution < -0.4 is 5.32 Å². The smallest absolute Gasteiger partial charge is 0.226 e. The summed E-state index contributed by atoms with van der Waals surface area (Å²) >= 11 is 0. The van der Waals surface area contributed by atoms with E-state index in [0.29, 0.717) is 50.7 Å². The number of para-hydroxylation sites is 1. The van der Waals surface area contributed by atoms with Gasteiger partial charge in [-0.2, -0.15) is 5.26 Å². The topological polar surface area (TPSA) is 123 Å². The standard InChI is InChI=1S/C24H28N4O4S/c1-33(31,32)20-7-4-5-16-17-13-28(12-8-19(17)26-21(16)20)24(15-29)9-3-2-6-18(24)22(30)27-23(14-25)10-11-23/h4-5,7,15,18,26H,2-3,6,8-13H2,1H3,(H,27,30)/t18-,24-/m0/s1. The fraction of sp³-hybridized carbons (Fsp3) is 0.542. The Kier molecular flexibility index (Phi) is 5.14. The SMILES string of the molecule is CS(=O)(=O)c1cccc2c3c([nH]c12)CCN([C@]1(C=O)CCCC[C@H]1C(=O)NC1(C#N)CC1)C3. The number of aromatic amines is 1. The van der Waals surface area contributed by atoms with Crippen LogP contribution >= 0.6 is 0 Å². The third-order valence-electron chi connectivity index (χ3n) is 7.73. The molecular formula is C24H28N4O4S. The van der Waals surface area contributed by atoms with Crippen LogP contribution in [0.15, 0.2) is 23.1 Å². The van der Waals surface area contributed by atoms with Crippen LogP contribution in [0.2, 0.25) is 0 Å². The molecule has 1 aromatic heterocycles. The molecule has 2 atom stereocenters. The number of nitrogens with zero attached hydrogens (tertiary/aromatic N) is 2. The summed E-state index contributed by atoms with van der Waals surface area (Å²) in [6.07, 6.45) is 7.04. The van der Waals surface area contributed by atoms with Gasteiger partial charge in [0.1, 0.15) is 11.8 Å². The van der Waals surface area contributed by atoms with Gasteiger partial charge in [0.15, 0.2) is 9.84 Å². The molecule has 3 aliphatic rings. The summed E-state index contributed by atoms with van der Waals surface area (Å²) in [5.74, 6) is -0.710. The summed E-state index contributed by atoms with van der Waals surface area (Å²) in [5, 5.41) is 13.2. The first kappa shape index (κ1) is 22.1. The van der Waals surface area contributed by atoms with Crippen LogP contribution in [0, 0.1) is 17.2 Å². The van der Waals surface area contributed by atoms with Gasteiger partial charge in [0.2, 0.25) is 5.91 Å². The highest BCUT2D eigenvalue weighted by atomic mass is 32.2. The molecule has 1 aromatic carbocycles. The molecule has 33 heavy (non-hydrogen) atoms. The highest BCUT2D eigenvalue weighted by molar-refractivity contribution is 7.91. The lowest BCUT2D eigenvalue weighted by Crippen LogP contribution is -2.62. The van der Waals surface area contributed by atoms with Crippen molar-refractivity contribution in [2.75, 3.05) is 12.8 Å². The van der Waals surface area contributed by atoms with Crippen LogP contribution in [0.5, 0.6) is 0 Å². The number of aldehydes is 1. The Bertz CT molecular complexity index is 1290. The van der Waals surface area contributed by atoms with Gasteiger partial charge >= 0.3 is 0 Å². The molecule has 1 aliphatic heterocycles. The molecule has 0 spiro atoms. The minimum absolute atomic E-state index is 0.204. The first-order valence-corrected chi connectivity index (χ1v) is 13.4. The third kappa shape index (κ3) is 3.56. The number of carbonyl (C=O) groups excluding carboxylic acids is 2. The van der Waals surface area contributed by atoms with Gasteiger partial charge in [-0.25, -0.2) is 8.42 Å². The minimum atomic E-state index is -3.39. The molecule has 2 saturated carbocycles. The maximum absolute atomic E-state index is 13.3. The Morgan fingerprint density at radius 1 is 1.30 bits per heavy atom. The van der Waals surface area contributed by atoms with Gasteiger partial charge in [-0.1, -0.05) is 25.0 Å². The van der Waals surface area contributed by atoms with Crippen molar-refractivity contribution in [2.24, 2.45) is 5.92 Å². The molecule has 8 nitrogen and oxygen atoms in total. The van der Waals surface area contributed by atoms with Crippen LogP contribution in [0.1, 0.15) is 49.8 Å². The van der Waals surface area contributed by atoms with Crippen molar-refractivity contribution in [1.82, 2.24) is 15.2 Å². The van der Waals surface area contributed by atoms with Gasteiger partial charge in [-0.15, -0.1) is 0 Å². The van der Waals surface area contributed by atoms with E-state index >= 15 is 0 Å². The van der Waals surface area contributed by atoms with Crippen LogP contribution in [0.3, 0.4) is 0 Å². The quantitative estimate of drug-likeness (QED) is 0.649. The van der Waals surface area contributed by atoms with Crippen molar-refractivity contribution in [2.45, 2.75) is 67.5 Å². The number of fused-ring (bicyclic) bond motifs is 3. The van der Waals surface area contributed by atoms with Crippen LogP contribution in [0.25, 0.3) is 10.9 Å². The van der Waals surface area contributed by atoms with Crippen molar-refractivity contribution in [1.29, 1.82) is 5.26 Å². The zero-order valence-corrected chi connectivity index (χ0v) is 19.5. The van der Waals surface area contributed by atoms with E-state index in [1.807, 2.05) is 6.07 Å². The largest absolute Gasteiger partial charge is 0.357 e. The third-order valence-corrected chi connectivity index (χ3v) is 8.87. The number of hydrogen-bond donors (Lipinski definition) is 2. The van der Waals surface area contributed by atoms with Crippen molar-refractivity contribution in [3.63, 3.8) is 0 Å². The fourth-order valence-electron chi connectivity index (χ4n) is 5.72. The van der Waals surface area contributed by atoms with Gasteiger partial charge in [0.25, 0.3) is 0 Å². The van der Waals surface area contributed by atoms with E-state index in [2.05, 4.69) is 21.3 Å². The van der Waals surface area contributed by atoms with Crippen LogP contribution in [0.4, 0.5) is 0 Å². The molecule has 0 radical (unpaired) electrons. The Balaban J connectivity index is 1.51. The summed E-state index contributed by atoms with van der Waals surface area (Å²) in [6, 6.07) is 7.47. The normalized spacial score (nSPS) is 26.8. The van der Waals surface area contributed by atoms with E-state index < -0.39 is 26.8 Å². The second-order valence-corrected chi connectivity index (χ2v) is 11.8.